The Kier molecular flexibility index (Phi) is 6.13. The highest BCUT2D eigenvalue weighted by molar-refractivity contribution is 6.02. The molecule has 0 amide bonds. The highest BCUT2D eigenvalue weighted by Gasteiger charge is 2.68. The number of rotatable bonds is 6. The molecule has 0 bridgehead atoms. The van der Waals surface area contributed by atoms with Crippen LogP contribution in [0.5, 0.6) is 0 Å². The zero-order valence-electron chi connectivity index (χ0n) is 20.0. The number of aliphatic hydroxyl groups is 2. The molecule has 4 aliphatic carbocycles. The van der Waals surface area contributed by atoms with Crippen LogP contribution in [0.1, 0.15) is 65.7 Å². The fourth-order valence-corrected chi connectivity index (χ4v) is 7.69. The predicted octanol–water partition coefficient (Wildman–Crippen LogP) is 2.36. The summed E-state index contributed by atoms with van der Waals surface area (Å²) in [6, 6.07) is 0. The maximum atomic E-state index is 13.1. The normalized spacial score (nSPS) is 40.9. The minimum Gasteiger partial charge on any atom is -0.481 e. The first-order valence-corrected chi connectivity index (χ1v) is 12.1. The molecule has 3 saturated carbocycles. The Morgan fingerprint density at radius 3 is 2.53 bits per heavy atom. The maximum Gasteiger partial charge on any atom is 0.306 e. The molecule has 0 aromatic heterocycles. The molecule has 0 aromatic carbocycles. The summed E-state index contributed by atoms with van der Waals surface area (Å²) in [6.07, 6.45) is 4.45. The monoisotopic (exact) mass is 474 g/mol. The molecule has 3 N–H and O–H groups in total. The van der Waals surface area contributed by atoms with Gasteiger partial charge in [0.05, 0.1) is 18.9 Å². The van der Waals surface area contributed by atoms with Crippen molar-refractivity contribution < 1.29 is 39.2 Å². The number of carbonyl (C=O) groups is 4. The molecule has 8 heteroatoms. The highest BCUT2D eigenvalue weighted by Crippen LogP contribution is 2.68. The van der Waals surface area contributed by atoms with Crippen molar-refractivity contribution in [3.63, 3.8) is 0 Å². The predicted molar refractivity (Wildman–Crippen MR) is 120 cm³/mol. The molecule has 0 spiro atoms. The summed E-state index contributed by atoms with van der Waals surface area (Å²) < 4.78 is 4.98. The van der Waals surface area contributed by atoms with E-state index in [0.29, 0.717) is 6.42 Å². The standard InChI is InChI=1S/C26H34O8/c1-14-10-16(27)11-15-4-5-17-18-8-9-26(33,20(29)13-34-22(32)7-6-21(30)31)24(18,2)12-19(28)23(17)25(14,15)3/h10-11,17-19,23,28,33H,4-9,12-13H2,1-3H3,(H,30,31)/t17-,18+,19-,23+,24-,25-,26-/m0/s1. The van der Waals surface area contributed by atoms with E-state index in [1.165, 1.54) is 0 Å². The minimum absolute atomic E-state index is 0.00126. The number of aliphatic hydroxyl groups excluding tert-OH is 1. The van der Waals surface area contributed by atoms with Crippen LogP contribution in [-0.4, -0.2) is 57.1 Å². The van der Waals surface area contributed by atoms with Gasteiger partial charge in [-0.1, -0.05) is 25.0 Å². The van der Waals surface area contributed by atoms with Crippen LogP contribution in [0, 0.1) is 28.6 Å². The van der Waals surface area contributed by atoms with Crippen molar-refractivity contribution in [3.8, 4) is 0 Å². The number of allylic oxidation sites excluding steroid dienone is 4. The Bertz CT molecular complexity index is 995. The number of esters is 1. The lowest BCUT2D eigenvalue weighted by atomic mass is 9.45. The second-order valence-corrected chi connectivity index (χ2v) is 11.0. The highest BCUT2D eigenvalue weighted by atomic mass is 16.5. The van der Waals surface area contributed by atoms with E-state index < -0.39 is 46.9 Å². The molecule has 34 heavy (non-hydrogen) atoms. The lowest BCUT2D eigenvalue weighted by Gasteiger charge is -2.60. The molecule has 0 aromatic rings. The Morgan fingerprint density at radius 2 is 1.85 bits per heavy atom. The number of hydrogen-bond acceptors (Lipinski definition) is 7. The van der Waals surface area contributed by atoms with Crippen molar-refractivity contribution in [2.24, 2.45) is 28.6 Å². The molecule has 4 aliphatic rings. The van der Waals surface area contributed by atoms with Gasteiger partial charge in [-0.25, -0.2) is 0 Å². The van der Waals surface area contributed by atoms with E-state index in [2.05, 4.69) is 6.92 Å². The van der Waals surface area contributed by atoms with Gasteiger partial charge >= 0.3 is 11.9 Å². The molecular formula is C26H34O8. The minimum atomic E-state index is -1.73. The number of aliphatic carboxylic acids is 1. The van der Waals surface area contributed by atoms with Crippen LogP contribution in [-0.2, 0) is 23.9 Å². The van der Waals surface area contributed by atoms with Crippen LogP contribution in [0.25, 0.3) is 0 Å². The summed E-state index contributed by atoms with van der Waals surface area (Å²) in [5, 5.41) is 31.8. The Labute approximate surface area is 199 Å². The number of carbonyl (C=O) groups excluding carboxylic acids is 3. The van der Waals surface area contributed by atoms with Crippen LogP contribution >= 0.6 is 0 Å². The molecular weight excluding hydrogens is 440 g/mol. The third-order valence-electron chi connectivity index (χ3n) is 9.55. The number of hydrogen-bond donors (Lipinski definition) is 3. The van der Waals surface area contributed by atoms with Gasteiger partial charge in [-0.2, -0.15) is 0 Å². The summed E-state index contributed by atoms with van der Waals surface area (Å²) >= 11 is 0. The van der Waals surface area contributed by atoms with Crippen molar-refractivity contribution in [3.05, 3.63) is 23.3 Å². The molecule has 0 radical (unpaired) electrons. The molecule has 0 aliphatic heterocycles. The van der Waals surface area contributed by atoms with Gasteiger partial charge in [0, 0.05) is 16.7 Å². The average molecular weight is 475 g/mol. The Balaban J connectivity index is 1.56. The second-order valence-electron chi connectivity index (χ2n) is 11.0. The van der Waals surface area contributed by atoms with Gasteiger partial charge in [0.15, 0.2) is 12.4 Å². The van der Waals surface area contributed by atoms with E-state index >= 15 is 0 Å². The number of ketones is 2. The summed E-state index contributed by atoms with van der Waals surface area (Å²) in [6.45, 7) is 5.29. The number of Topliss-reactive ketones (excluding diaryl/α,β-unsaturated/α-hetero) is 1. The van der Waals surface area contributed by atoms with Gasteiger partial charge in [0.1, 0.15) is 5.60 Å². The second kappa shape index (κ2) is 8.41. The first-order valence-electron chi connectivity index (χ1n) is 12.1. The van der Waals surface area contributed by atoms with Gasteiger partial charge in [-0.15, -0.1) is 0 Å². The summed E-state index contributed by atoms with van der Waals surface area (Å²) in [7, 11) is 0. The number of fused-ring (bicyclic) bond motifs is 5. The van der Waals surface area contributed by atoms with E-state index in [1.807, 2.05) is 13.8 Å². The fraction of sp³-hybridized carbons (Fsp3) is 0.692. The van der Waals surface area contributed by atoms with Crippen molar-refractivity contribution in [2.45, 2.75) is 77.4 Å². The number of carboxylic acids is 1. The van der Waals surface area contributed by atoms with Gasteiger partial charge < -0.3 is 20.1 Å². The van der Waals surface area contributed by atoms with Crippen LogP contribution in [0.15, 0.2) is 23.3 Å². The van der Waals surface area contributed by atoms with Crippen molar-refractivity contribution in [2.75, 3.05) is 6.61 Å². The van der Waals surface area contributed by atoms with E-state index in [1.54, 1.807) is 12.2 Å². The number of ether oxygens (including phenoxy) is 1. The lowest BCUT2D eigenvalue weighted by molar-refractivity contribution is -0.181. The third-order valence-corrected chi connectivity index (χ3v) is 9.55. The van der Waals surface area contributed by atoms with Crippen LogP contribution in [0.4, 0.5) is 0 Å². The smallest absolute Gasteiger partial charge is 0.306 e. The summed E-state index contributed by atoms with van der Waals surface area (Å²) in [5.41, 5.74) is -1.04. The van der Waals surface area contributed by atoms with Crippen molar-refractivity contribution in [1.82, 2.24) is 0 Å². The molecule has 3 fully saturated rings. The largest absolute Gasteiger partial charge is 0.481 e. The van der Waals surface area contributed by atoms with Crippen molar-refractivity contribution in [1.29, 1.82) is 0 Å². The molecule has 0 unspecified atom stereocenters. The maximum absolute atomic E-state index is 13.1. The molecule has 8 nitrogen and oxygen atoms in total. The van der Waals surface area contributed by atoms with Crippen LogP contribution in [0.2, 0.25) is 0 Å². The quantitative estimate of drug-likeness (QED) is 0.499. The molecule has 4 rings (SSSR count). The average Bonchev–Trinajstić information content (AvgIpc) is 3.02. The van der Waals surface area contributed by atoms with E-state index in [-0.39, 0.29) is 49.2 Å². The van der Waals surface area contributed by atoms with E-state index in [0.717, 1.165) is 24.0 Å². The number of carboxylic acid groups (broad SMARTS) is 1. The lowest BCUT2D eigenvalue weighted by Crippen LogP contribution is -2.62. The van der Waals surface area contributed by atoms with Gasteiger partial charge in [0.25, 0.3) is 0 Å². The molecule has 7 atom stereocenters. The first kappa shape index (κ1) is 24.8. The van der Waals surface area contributed by atoms with Crippen molar-refractivity contribution >= 4 is 23.5 Å². The van der Waals surface area contributed by atoms with Gasteiger partial charge in [-0.05, 0) is 63.0 Å². The third kappa shape index (κ3) is 3.57. The molecule has 186 valence electrons. The van der Waals surface area contributed by atoms with Gasteiger partial charge in [0.2, 0.25) is 5.78 Å². The van der Waals surface area contributed by atoms with Gasteiger partial charge in [-0.3, -0.25) is 19.2 Å². The fourth-order valence-electron chi connectivity index (χ4n) is 7.69. The molecule has 0 saturated heterocycles. The topological polar surface area (TPSA) is 138 Å². The van der Waals surface area contributed by atoms with Crippen LogP contribution in [0.3, 0.4) is 0 Å². The zero-order chi connectivity index (χ0) is 25.1. The van der Waals surface area contributed by atoms with Crippen LogP contribution < -0.4 is 0 Å². The Hall–Kier alpha value is -2.32. The zero-order valence-corrected chi connectivity index (χ0v) is 20.0. The summed E-state index contributed by atoms with van der Waals surface area (Å²) in [4.78, 5) is 47.7. The first-order chi connectivity index (χ1) is 15.8. The Morgan fingerprint density at radius 1 is 1.15 bits per heavy atom. The summed E-state index contributed by atoms with van der Waals surface area (Å²) in [5.74, 6) is -2.58. The molecule has 0 heterocycles. The SMILES string of the molecule is CC1=CC(=O)C=C2CC[C@@H]3[C@H]([C@@H](O)C[C@@]4(C)[C@@H]3CC[C@]4(O)C(=O)COC(=O)CCC(=O)O)[C@@]12C. The van der Waals surface area contributed by atoms with E-state index in [4.69, 9.17) is 9.84 Å². The van der Waals surface area contributed by atoms with E-state index in [9.17, 15) is 29.4 Å².